The first kappa shape index (κ1) is 23.9. The first-order valence-electron chi connectivity index (χ1n) is 12.5. The maximum absolute atomic E-state index is 13.6. The average Bonchev–Trinajstić information content (AvgIpc) is 3.61. The molecule has 4 heterocycles. The van der Waals surface area contributed by atoms with Crippen molar-refractivity contribution in [3.63, 3.8) is 0 Å². The van der Waals surface area contributed by atoms with Gasteiger partial charge in [-0.3, -0.25) is 9.59 Å². The summed E-state index contributed by atoms with van der Waals surface area (Å²) >= 11 is 1.33. The monoisotopic (exact) mass is 522 g/mol. The molecule has 0 bridgehead atoms. The number of furan rings is 1. The highest BCUT2D eigenvalue weighted by atomic mass is 32.1. The summed E-state index contributed by atoms with van der Waals surface area (Å²) in [6.45, 7) is 3.76. The normalized spacial score (nSPS) is 13.7. The lowest BCUT2D eigenvalue weighted by molar-refractivity contribution is 0.0521. The summed E-state index contributed by atoms with van der Waals surface area (Å²) in [6, 6.07) is 23.7. The average molecular weight is 523 g/mol. The molecular formula is C30H26N4O3S. The SMILES string of the molecule is Cc1ccc(-c2cc(-c3ccccc3)nc3sc(C(=O)N4CCN(C(=O)c5ccco5)CC4)c(N)c23)cc1. The molecule has 0 unspecified atom stereocenters. The fourth-order valence-electron chi connectivity index (χ4n) is 4.81. The lowest BCUT2D eigenvalue weighted by atomic mass is 9.98. The van der Waals surface area contributed by atoms with Crippen molar-refractivity contribution >= 4 is 39.1 Å². The Morgan fingerprint density at radius 2 is 1.55 bits per heavy atom. The Balaban J connectivity index is 1.35. The van der Waals surface area contributed by atoms with E-state index in [1.165, 1.54) is 23.2 Å². The van der Waals surface area contributed by atoms with Crippen LogP contribution in [0.4, 0.5) is 5.69 Å². The second-order valence-corrected chi connectivity index (χ2v) is 10.4. The first-order valence-corrected chi connectivity index (χ1v) is 13.3. The highest BCUT2D eigenvalue weighted by Crippen LogP contribution is 2.42. The van der Waals surface area contributed by atoms with Crippen LogP contribution in [0.25, 0.3) is 32.6 Å². The number of amides is 2. The van der Waals surface area contributed by atoms with Crippen molar-refractivity contribution in [3.05, 3.63) is 95.3 Å². The van der Waals surface area contributed by atoms with Gasteiger partial charge in [0.05, 0.1) is 17.6 Å². The summed E-state index contributed by atoms with van der Waals surface area (Å²) in [7, 11) is 0. The zero-order chi connectivity index (χ0) is 26.2. The number of thiophene rings is 1. The van der Waals surface area contributed by atoms with Crippen LogP contribution in [0.1, 0.15) is 25.8 Å². The fourth-order valence-corrected chi connectivity index (χ4v) is 5.90. The largest absolute Gasteiger partial charge is 0.459 e. The number of nitrogens with zero attached hydrogens (tertiary/aromatic N) is 3. The molecule has 0 atom stereocenters. The van der Waals surface area contributed by atoms with Crippen molar-refractivity contribution in [1.29, 1.82) is 0 Å². The van der Waals surface area contributed by atoms with Crippen molar-refractivity contribution in [2.24, 2.45) is 0 Å². The predicted octanol–water partition coefficient (Wildman–Crippen LogP) is 5.71. The number of nitrogens with two attached hydrogens (primary N) is 1. The van der Waals surface area contributed by atoms with Crippen LogP contribution in [0.3, 0.4) is 0 Å². The predicted molar refractivity (Wildman–Crippen MR) is 150 cm³/mol. The number of carbonyl (C=O) groups is 2. The van der Waals surface area contributed by atoms with E-state index in [1.54, 1.807) is 21.9 Å². The molecule has 1 saturated heterocycles. The molecule has 8 heteroatoms. The molecule has 3 aromatic heterocycles. The van der Waals surface area contributed by atoms with Crippen LogP contribution >= 0.6 is 11.3 Å². The van der Waals surface area contributed by atoms with E-state index < -0.39 is 0 Å². The van der Waals surface area contributed by atoms with Gasteiger partial charge < -0.3 is 20.0 Å². The molecule has 0 saturated carbocycles. The molecule has 1 aliphatic heterocycles. The number of piperazine rings is 1. The first-order chi connectivity index (χ1) is 18.5. The van der Waals surface area contributed by atoms with Crippen molar-refractivity contribution in [3.8, 4) is 22.4 Å². The second-order valence-electron chi connectivity index (χ2n) is 9.37. The van der Waals surface area contributed by atoms with Gasteiger partial charge in [-0.2, -0.15) is 0 Å². The van der Waals surface area contributed by atoms with Crippen molar-refractivity contribution < 1.29 is 14.0 Å². The van der Waals surface area contributed by atoms with E-state index in [4.69, 9.17) is 15.1 Å². The van der Waals surface area contributed by atoms with Gasteiger partial charge in [-0.1, -0.05) is 60.2 Å². The lowest BCUT2D eigenvalue weighted by Gasteiger charge is -2.34. The van der Waals surface area contributed by atoms with Crippen LogP contribution in [0, 0.1) is 6.92 Å². The van der Waals surface area contributed by atoms with Gasteiger partial charge in [0.15, 0.2) is 5.76 Å². The molecule has 1 aliphatic rings. The summed E-state index contributed by atoms with van der Waals surface area (Å²) in [5, 5.41) is 0.800. The molecule has 7 nitrogen and oxygen atoms in total. The van der Waals surface area contributed by atoms with Crippen molar-refractivity contribution in [2.45, 2.75) is 6.92 Å². The Morgan fingerprint density at radius 1 is 0.868 bits per heavy atom. The quantitative estimate of drug-likeness (QED) is 0.326. The van der Waals surface area contributed by atoms with Crippen molar-refractivity contribution in [1.82, 2.24) is 14.8 Å². The third kappa shape index (κ3) is 4.33. The lowest BCUT2D eigenvalue weighted by Crippen LogP contribution is -2.50. The molecule has 2 aromatic carbocycles. The maximum atomic E-state index is 13.6. The highest BCUT2D eigenvalue weighted by Gasteiger charge is 2.30. The van der Waals surface area contributed by atoms with Crippen LogP contribution in [0.15, 0.2) is 83.5 Å². The highest BCUT2D eigenvalue weighted by molar-refractivity contribution is 7.21. The minimum atomic E-state index is -0.163. The van der Waals surface area contributed by atoms with Gasteiger partial charge >= 0.3 is 0 Å². The Morgan fingerprint density at radius 3 is 2.21 bits per heavy atom. The smallest absolute Gasteiger partial charge is 0.289 e. The number of anilines is 1. The second kappa shape index (κ2) is 9.79. The van der Waals surface area contributed by atoms with E-state index >= 15 is 0 Å². The number of rotatable bonds is 4. The van der Waals surface area contributed by atoms with Crippen LogP contribution in [-0.4, -0.2) is 52.8 Å². The Hall–Kier alpha value is -4.43. The van der Waals surface area contributed by atoms with E-state index in [2.05, 4.69) is 37.3 Å². The van der Waals surface area contributed by atoms with Gasteiger partial charge in [0.2, 0.25) is 0 Å². The summed E-state index contributed by atoms with van der Waals surface area (Å²) in [4.78, 5) is 35.9. The molecule has 2 amide bonds. The van der Waals surface area contributed by atoms with Gasteiger partial charge in [0.1, 0.15) is 9.71 Å². The van der Waals surface area contributed by atoms with Crippen LogP contribution in [0.5, 0.6) is 0 Å². The molecule has 38 heavy (non-hydrogen) atoms. The number of hydrogen-bond donors (Lipinski definition) is 1. The molecule has 0 spiro atoms. The van der Waals surface area contributed by atoms with E-state index in [-0.39, 0.29) is 11.8 Å². The summed E-state index contributed by atoms with van der Waals surface area (Å²) in [6.07, 6.45) is 1.49. The van der Waals surface area contributed by atoms with Gasteiger partial charge in [-0.15, -0.1) is 11.3 Å². The van der Waals surface area contributed by atoms with E-state index in [0.717, 1.165) is 32.6 Å². The molecule has 6 rings (SSSR count). The number of nitrogen functional groups attached to an aromatic ring is 1. The van der Waals surface area contributed by atoms with Crippen molar-refractivity contribution in [2.75, 3.05) is 31.9 Å². The standard InChI is InChI=1S/C30H26N4O3S/c1-19-9-11-20(12-10-19)22-18-23(21-6-3-2-4-7-21)32-28-25(22)26(31)27(38-28)30(36)34-15-13-33(14-16-34)29(35)24-8-5-17-37-24/h2-12,17-18H,13-16,31H2,1H3. The van der Waals surface area contributed by atoms with Crippen LogP contribution in [-0.2, 0) is 0 Å². The van der Waals surface area contributed by atoms with E-state index in [1.807, 2.05) is 30.3 Å². The number of aryl methyl sites for hydroxylation is 1. The molecule has 1 fully saturated rings. The van der Waals surface area contributed by atoms with E-state index in [9.17, 15) is 9.59 Å². The van der Waals surface area contributed by atoms with Gasteiger partial charge in [-0.25, -0.2) is 4.98 Å². The zero-order valence-electron chi connectivity index (χ0n) is 20.9. The molecule has 2 N–H and O–H groups in total. The minimum absolute atomic E-state index is 0.133. The molecular weight excluding hydrogens is 496 g/mol. The maximum Gasteiger partial charge on any atom is 0.289 e. The molecule has 0 aliphatic carbocycles. The third-order valence-electron chi connectivity index (χ3n) is 6.91. The fraction of sp³-hybridized carbons (Fsp3) is 0.167. The number of aromatic nitrogens is 1. The number of carbonyl (C=O) groups excluding carboxylic acids is 2. The Labute approximate surface area is 224 Å². The number of hydrogen-bond acceptors (Lipinski definition) is 6. The summed E-state index contributed by atoms with van der Waals surface area (Å²) < 4.78 is 5.24. The summed E-state index contributed by atoms with van der Waals surface area (Å²) in [5.74, 6) is 0.0121. The Bertz CT molecular complexity index is 1620. The van der Waals surface area contributed by atoms with Gasteiger partial charge in [-0.05, 0) is 36.2 Å². The zero-order valence-corrected chi connectivity index (χ0v) is 21.7. The third-order valence-corrected chi connectivity index (χ3v) is 8.00. The van der Waals surface area contributed by atoms with E-state index in [0.29, 0.717) is 42.5 Å². The number of pyridine rings is 1. The molecule has 190 valence electrons. The minimum Gasteiger partial charge on any atom is -0.459 e. The number of benzene rings is 2. The topological polar surface area (TPSA) is 92.7 Å². The van der Waals surface area contributed by atoms with Gasteiger partial charge in [0.25, 0.3) is 11.8 Å². The number of fused-ring (bicyclic) bond motifs is 1. The summed E-state index contributed by atoms with van der Waals surface area (Å²) in [5.41, 5.74) is 12.1. The Kier molecular flexibility index (Phi) is 6.17. The van der Waals surface area contributed by atoms with Crippen LogP contribution in [0.2, 0.25) is 0 Å². The van der Waals surface area contributed by atoms with Gasteiger partial charge in [0, 0.05) is 37.1 Å². The molecule has 0 radical (unpaired) electrons. The molecule has 5 aromatic rings. The van der Waals surface area contributed by atoms with Crippen LogP contribution < -0.4 is 5.73 Å².